The summed E-state index contributed by atoms with van der Waals surface area (Å²) < 4.78 is 10.5. The van der Waals surface area contributed by atoms with Crippen molar-refractivity contribution in [1.29, 1.82) is 0 Å². The first-order valence-electron chi connectivity index (χ1n) is 8.51. The second-order valence-corrected chi connectivity index (χ2v) is 6.12. The Bertz CT molecular complexity index is 891. The lowest BCUT2D eigenvalue weighted by Crippen LogP contribution is -2.25. The zero-order valence-corrected chi connectivity index (χ0v) is 15.3. The number of nitrogens with two attached hydrogens (primary N) is 1. The lowest BCUT2D eigenvalue weighted by atomic mass is 10.1. The van der Waals surface area contributed by atoms with Gasteiger partial charge < -0.3 is 15.2 Å². The molecule has 1 heterocycles. The van der Waals surface area contributed by atoms with Crippen LogP contribution in [0.4, 0.5) is 0 Å². The normalized spacial score (nSPS) is 13.3. The fraction of sp³-hybridized carbons (Fsp3) is 0.250. The minimum atomic E-state index is -0.471. The van der Waals surface area contributed by atoms with Gasteiger partial charge in [-0.3, -0.25) is 9.59 Å². The highest BCUT2D eigenvalue weighted by Gasteiger charge is 2.22. The Morgan fingerprint density at radius 2 is 1.78 bits per heavy atom. The van der Waals surface area contributed by atoms with E-state index in [4.69, 9.17) is 15.2 Å². The summed E-state index contributed by atoms with van der Waals surface area (Å²) >= 11 is 0. The number of hydrogen-bond donors (Lipinski definition) is 1. The van der Waals surface area contributed by atoms with Crippen molar-refractivity contribution in [3.63, 3.8) is 0 Å². The predicted octanol–water partition coefficient (Wildman–Crippen LogP) is 1.98. The maximum Gasteiger partial charge on any atom is 0.248 e. The molecule has 0 bridgehead atoms. The maximum atomic E-state index is 12.6. The molecule has 7 nitrogen and oxygen atoms in total. The molecule has 7 heteroatoms. The Morgan fingerprint density at radius 3 is 2.41 bits per heavy atom. The van der Waals surface area contributed by atoms with Crippen molar-refractivity contribution in [2.75, 3.05) is 20.8 Å². The average molecular weight is 367 g/mol. The average Bonchev–Trinajstić information content (AvgIpc) is 3.18. The molecule has 2 N–H and O–H groups in total. The lowest BCUT2D eigenvalue weighted by Gasteiger charge is -2.13. The molecule has 27 heavy (non-hydrogen) atoms. The third-order valence-electron chi connectivity index (χ3n) is 4.40. The first kappa shape index (κ1) is 18.4. The Labute approximate surface area is 157 Å². The van der Waals surface area contributed by atoms with Gasteiger partial charge in [0, 0.05) is 12.0 Å². The van der Waals surface area contributed by atoms with Crippen molar-refractivity contribution in [3.8, 4) is 11.5 Å². The molecule has 0 fully saturated rings. The van der Waals surface area contributed by atoms with Crippen molar-refractivity contribution in [2.24, 2.45) is 10.8 Å². The van der Waals surface area contributed by atoms with E-state index in [2.05, 4.69) is 5.10 Å². The zero-order chi connectivity index (χ0) is 19.4. The third kappa shape index (κ3) is 4.08. The highest BCUT2D eigenvalue weighted by atomic mass is 16.5. The van der Waals surface area contributed by atoms with E-state index in [0.29, 0.717) is 30.0 Å². The number of primary amides is 1. The smallest absolute Gasteiger partial charge is 0.248 e. The molecule has 0 aliphatic carbocycles. The van der Waals surface area contributed by atoms with Crippen LogP contribution in [0.2, 0.25) is 0 Å². The standard InChI is InChI=1S/C20H21N3O4/c1-26-17-8-3-13(11-18(17)27-2)12-19(24)23-10-9-16(22-23)14-4-6-15(7-5-14)20(21)25/h3-8,11H,9-10,12H2,1-2H3,(H2,21,25). The second kappa shape index (κ2) is 7.90. The van der Waals surface area contributed by atoms with Crippen LogP contribution in [0, 0.1) is 0 Å². The predicted molar refractivity (Wildman–Crippen MR) is 101 cm³/mol. The number of carbonyl (C=O) groups is 2. The van der Waals surface area contributed by atoms with Gasteiger partial charge in [-0.2, -0.15) is 5.10 Å². The Kier molecular flexibility index (Phi) is 5.40. The first-order valence-corrected chi connectivity index (χ1v) is 8.51. The lowest BCUT2D eigenvalue weighted by molar-refractivity contribution is -0.130. The van der Waals surface area contributed by atoms with Crippen LogP contribution < -0.4 is 15.2 Å². The van der Waals surface area contributed by atoms with E-state index in [-0.39, 0.29) is 12.3 Å². The first-order chi connectivity index (χ1) is 13.0. The monoisotopic (exact) mass is 367 g/mol. The van der Waals surface area contributed by atoms with E-state index >= 15 is 0 Å². The van der Waals surface area contributed by atoms with Crippen LogP contribution in [0.3, 0.4) is 0 Å². The molecule has 3 rings (SSSR count). The maximum absolute atomic E-state index is 12.6. The van der Waals surface area contributed by atoms with Gasteiger partial charge in [0.15, 0.2) is 11.5 Å². The van der Waals surface area contributed by atoms with E-state index < -0.39 is 5.91 Å². The van der Waals surface area contributed by atoms with Gasteiger partial charge in [0.05, 0.1) is 32.9 Å². The highest BCUT2D eigenvalue weighted by Crippen LogP contribution is 2.28. The van der Waals surface area contributed by atoms with Gasteiger partial charge in [-0.05, 0) is 35.4 Å². The van der Waals surface area contributed by atoms with Crippen molar-refractivity contribution in [1.82, 2.24) is 5.01 Å². The molecule has 2 aromatic carbocycles. The molecule has 0 aromatic heterocycles. The van der Waals surface area contributed by atoms with Crippen molar-refractivity contribution >= 4 is 17.5 Å². The van der Waals surface area contributed by atoms with Gasteiger partial charge in [0.2, 0.25) is 11.8 Å². The van der Waals surface area contributed by atoms with E-state index in [9.17, 15) is 9.59 Å². The number of hydrogen-bond acceptors (Lipinski definition) is 5. The highest BCUT2D eigenvalue weighted by molar-refractivity contribution is 6.03. The fourth-order valence-electron chi connectivity index (χ4n) is 2.92. The minimum absolute atomic E-state index is 0.0917. The molecule has 0 saturated carbocycles. The summed E-state index contributed by atoms with van der Waals surface area (Å²) in [6.45, 7) is 0.527. The summed E-state index contributed by atoms with van der Waals surface area (Å²) in [5, 5.41) is 5.91. The molecule has 1 aliphatic heterocycles. The Hall–Kier alpha value is -3.35. The Balaban J connectivity index is 1.70. The van der Waals surface area contributed by atoms with Gasteiger partial charge in [-0.25, -0.2) is 5.01 Å². The molecule has 0 spiro atoms. The minimum Gasteiger partial charge on any atom is -0.493 e. The van der Waals surface area contributed by atoms with Gasteiger partial charge in [-0.1, -0.05) is 18.2 Å². The van der Waals surface area contributed by atoms with Crippen LogP contribution >= 0.6 is 0 Å². The Morgan fingerprint density at radius 1 is 1.07 bits per heavy atom. The molecular weight excluding hydrogens is 346 g/mol. The SMILES string of the molecule is COc1ccc(CC(=O)N2CCC(c3ccc(C(N)=O)cc3)=N2)cc1OC. The van der Waals surface area contributed by atoms with Crippen LogP contribution in [0.1, 0.15) is 27.9 Å². The van der Waals surface area contributed by atoms with Crippen molar-refractivity contribution in [3.05, 3.63) is 59.2 Å². The van der Waals surface area contributed by atoms with Crippen molar-refractivity contribution in [2.45, 2.75) is 12.8 Å². The van der Waals surface area contributed by atoms with E-state index in [0.717, 1.165) is 16.8 Å². The molecule has 0 unspecified atom stereocenters. The molecule has 1 aliphatic rings. The number of ether oxygens (including phenoxy) is 2. The van der Waals surface area contributed by atoms with Crippen LogP contribution in [0.5, 0.6) is 11.5 Å². The van der Waals surface area contributed by atoms with Gasteiger partial charge in [-0.15, -0.1) is 0 Å². The number of carbonyl (C=O) groups excluding carboxylic acids is 2. The third-order valence-corrected chi connectivity index (χ3v) is 4.40. The number of hydrazone groups is 1. The van der Waals surface area contributed by atoms with E-state index in [1.54, 1.807) is 50.6 Å². The topological polar surface area (TPSA) is 94.2 Å². The summed E-state index contributed by atoms with van der Waals surface area (Å²) in [5.74, 6) is 0.644. The number of benzene rings is 2. The second-order valence-electron chi connectivity index (χ2n) is 6.12. The summed E-state index contributed by atoms with van der Waals surface area (Å²) in [6, 6.07) is 12.3. The largest absolute Gasteiger partial charge is 0.493 e. The summed E-state index contributed by atoms with van der Waals surface area (Å²) in [4.78, 5) is 23.7. The quantitative estimate of drug-likeness (QED) is 0.845. The molecular formula is C20H21N3O4. The molecule has 2 aromatic rings. The number of nitrogens with zero attached hydrogens (tertiary/aromatic N) is 2. The number of amides is 2. The number of methoxy groups -OCH3 is 2. The summed E-state index contributed by atoms with van der Waals surface area (Å²) in [5.41, 5.74) is 8.21. The van der Waals surface area contributed by atoms with Crippen LogP contribution in [0.25, 0.3) is 0 Å². The summed E-state index contributed by atoms with van der Waals surface area (Å²) in [6.07, 6.45) is 0.880. The fourth-order valence-corrected chi connectivity index (χ4v) is 2.92. The van der Waals surface area contributed by atoms with Crippen LogP contribution in [-0.2, 0) is 11.2 Å². The molecule has 140 valence electrons. The zero-order valence-electron chi connectivity index (χ0n) is 15.3. The van der Waals surface area contributed by atoms with E-state index in [1.807, 2.05) is 6.07 Å². The van der Waals surface area contributed by atoms with Crippen LogP contribution in [0.15, 0.2) is 47.6 Å². The molecule has 0 atom stereocenters. The van der Waals surface area contributed by atoms with E-state index in [1.165, 1.54) is 5.01 Å². The van der Waals surface area contributed by atoms with Gasteiger partial charge >= 0.3 is 0 Å². The molecule has 2 amide bonds. The molecule has 0 radical (unpaired) electrons. The molecule has 0 saturated heterocycles. The number of rotatable bonds is 6. The van der Waals surface area contributed by atoms with Gasteiger partial charge in [0.25, 0.3) is 0 Å². The van der Waals surface area contributed by atoms with Crippen LogP contribution in [-0.4, -0.2) is 43.3 Å². The van der Waals surface area contributed by atoms with Gasteiger partial charge in [0.1, 0.15) is 0 Å². The summed E-state index contributed by atoms with van der Waals surface area (Å²) in [7, 11) is 3.13. The van der Waals surface area contributed by atoms with Crippen molar-refractivity contribution < 1.29 is 19.1 Å².